The van der Waals surface area contributed by atoms with Crippen molar-refractivity contribution in [2.24, 2.45) is 0 Å². The van der Waals surface area contributed by atoms with E-state index in [1.165, 1.54) is 41.3 Å². The number of anilines is 1. The highest BCUT2D eigenvalue weighted by Gasteiger charge is 2.25. The lowest BCUT2D eigenvalue weighted by Crippen LogP contribution is -2.24. The van der Waals surface area contributed by atoms with Crippen LogP contribution in [0.2, 0.25) is 0 Å². The molecule has 0 saturated carbocycles. The van der Waals surface area contributed by atoms with E-state index in [2.05, 4.69) is 4.72 Å². The van der Waals surface area contributed by atoms with Crippen LogP contribution in [0.15, 0.2) is 58.3 Å². The van der Waals surface area contributed by atoms with Crippen LogP contribution in [-0.2, 0) is 19.9 Å². The van der Waals surface area contributed by atoms with Crippen molar-refractivity contribution < 1.29 is 21.6 Å². The van der Waals surface area contributed by atoms with E-state index in [9.17, 15) is 21.6 Å². The summed E-state index contributed by atoms with van der Waals surface area (Å²) in [6.07, 6.45) is 0.935. The Bertz CT molecular complexity index is 1010. The monoisotopic (exact) mass is 382 g/mol. The molecule has 0 aliphatic carbocycles. The van der Waals surface area contributed by atoms with E-state index in [4.69, 9.17) is 0 Å². The zero-order valence-corrected chi connectivity index (χ0v) is 15.6. The van der Waals surface area contributed by atoms with Crippen LogP contribution in [0.25, 0.3) is 0 Å². The van der Waals surface area contributed by atoms with Crippen LogP contribution in [0.5, 0.6) is 0 Å². The molecule has 2 aromatic carbocycles. The minimum Gasteiger partial charge on any atom is -0.345 e. The second-order valence-electron chi connectivity index (χ2n) is 5.57. The number of hydrogen-bond donors (Lipinski definition) is 1. The van der Waals surface area contributed by atoms with Crippen LogP contribution >= 0.6 is 0 Å². The zero-order valence-electron chi connectivity index (χ0n) is 13.9. The van der Waals surface area contributed by atoms with Crippen molar-refractivity contribution in [1.29, 1.82) is 0 Å². The number of para-hydroxylation sites is 1. The third kappa shape index (κ3) is 4.18. The van der Waals surface area contributed by atoms with Gasteiger partial charge in [0.1, 0.15) is 4.90 Å². The van der Waals surface area contributed by atoms with Gasteiger partial charge in [0.05, 0.1) is 16.1 Å². The summed E-state index contributed by atoms with van der Waals surface area (Å²) in [6.45, 7) is 0. The summed E-state index contributed by atoms with van der Waals surface area (Å²) in [5, 5.41) is 0. The Hall–Kier alpha value is -2.39. The van der Waals surface area contributed by atoms with Gasteiger partial charge < -0.3 is 4.90 Å². The van der Waals surface area contributed by atoms with Crippen LogP contribution in [-0.4, -0.2) is 48.0 Å². The fourth-order valence-corrected chi connectivity index (χ4v) is 4.89. The van der Waals surface area contributed by atoms with Crippen LogP contribution in [0.3, 0.4) is 0 Å². The first-order valence-corrected chi connectivity index (χ1v) is 10.5. The lowest BCUT2D eigenvalue weighted by molar-refractivity contribution is 0.0828. The Morgan fingerprint density at radius 1 is 0.880 bits per heavy atom. The average molecular weight is 382 g/mol. The number of sulfone groups is 1. The van der Waals surface area contributed by atoms with Crippen molar-refractivity contribution in [3.63, 3.8) is 0 Å². The zero-order chi connectivity index (χ0) is 18.8. The summed E-state index contributed by atoms with van der Waals surface area (Å²) in [7, 11) is -4.86. The van der Waals surface area contributed by atoms with Gasteiger partial charge in [-0.05, 0) is 24.3 Å². The molecule has 9 heteroatoms. The summed E-state index contributed by atoms with van der Waals surface area (Å²) >= 11 is 0. The maximum Gasteiger partial charge on any atom is 0.263 e. The van der Waals surface area contributed by atoms with E-state index in [1.807, 2.05) is 0 Å². The lowest BCUT2D eigenvalue weighted by Gasteiger charge is -2.16. The van der Waals surface area contributed by atoms with Gasteiger partial charge in [-0.25, -0.2) is 16.8 Å². The Balaban J connectivity index is 2.55. The lowest BCUT2D eigenvalue weighted by atomic mass is 10.1. The minimum atomic E-state index is -4.21. The number of amides is 1. The molecule has 0 spiro atoms. The summed E-state index contributed by atoms with van der Waals surface area (Å²) in [5.41, 5.74) is 0.234. The highest BCUT2D eigenvalue weighted by Crippen LogP contribution is 2.25. The van der Waals surface area contributed by atoms with Gasteiger partial charge in [0.15, 0.2) is 9.84 Å². The second-order valence-corrected chi connectivity index (χ2v) is 9.20. The van der Waals surface area contributed by atoms with E-state index in [-0.39, 0.29) is 26.9 Å². The van der Waals surface area contributed by atoms with Crippen molar-refractivity contribution in [2.45, 2.75) is 9.79 Å². The van der Waals surface area contributed by atoms with Gasteiger partial charge in [0.25, 0.3) is 15.9 Å². The van der Waals surface area contributed by atoms with Crippen LogP contribution in [0, 0.1) is 0 Å². The molecule has 0 saturated heterocycles. The molecule has 0 aliphatic heterocycles. The van der Waals surface area contributed by atoms with Gasteiger partial charge in [-0.15, -0.1) is 0 Å². The van der Waals surface area contributed by atoms with E-state index < -0.39 is 19.9 Å². The molecule has 0 atom stereocenters. The molecule has 0 heterocycles. The number of nitrogens with zero attached hydrogens (tertiary/aromatic N) is 1. The maximum absolute atomic E-state index is 12.7. The van der Waals surface area contributed by atoms with Crippen molar-refractivity contribution >= 4 is 31.5 Å². The first kappa shape index (κ1) is 18.9. The predicted octanol–water partition coefficient (Wildman–Crippen LogP) is 1.59. The molecule has 134 valence electrons. The molecule has 0 aromatic heterocycles. The van der Waals surface area contributed by atoms with Crippen molar-refractivity contribution in [3.8, 4) is 0 Å². The van der Waals surface area contributed by atoms with E-state index in [0.29, 0.717) is 0 Å². The number of carbonyl (C=O) groups is 1. The summed E-state index contributed by atoms with van der Waals surface area (Å²) < 4.78 is 51.5. The number of hydrogen-bond acceptors (Lipinski definition) is 5. The number of carbonyl (C=O) groups excluding carboxylic acids is 1. The molecule has 0 aliphatic rings. The molecule has 0 unspecified atom stereocenters. The Morgan fingerprint density at radius 2 is 1.40 bits per heavy atom. The quantitative estimate of drug-likeness (QED) is 0.846. The smallest absolute Gasteiger partial charge is 0.263 e. The van der Waals surface area contributed by atoms with Gasteiger partial charge >= 0.3 is 0 Å². The SMILES string of the molecule is CN(C)C(=O)c1ccccc1NS(=O)(=O)c1ccccc1S(C)(=O)=O. The molecule has 0 fully saturated rings. The molecule has 0 radical (unpaired) electrons. The van der Waals surface area contributed by atoms with Crippen LogP contribution in [0.4, 0.5) is 5.69 Å². The van der Waals surface area contributed by atoms with Gasteiger partial charge in [0.2, 0.25) is 0 Å². The maximum atomic E-state index is 12.7. The molecule has 0 bridgehead atoms. The first-order valence-electron chi connectivity index (χ1n) is 7.16. The van der Waals surface area contributed by atoms with Gasteiger partial charge in [0, 0.05) is 20.4 Å². The predicted molar refractivity (Wildman–Crippen MR) is 94.8 cm³/mol. The molecule has 2 rings (SSSR count). The first-order chi connectivity index (χ1) is 11.5. The fraction of sp³-hybridized carbons (Fsp3) is 0.188. The van der Waals surface area contributed by atoms with Crippen molar-refractivity contribution in [1.82, 2.24) is 4.90 Å². The third-order valence-corrected chi connectivity index (χ3v) is 6.05. The molecule has 2 aromatic rings. The van der Waals surface area contributed by atoms with E-state index in [1.54, 1.807) is 26.2 Å². The standard InChI is InChI=1S/C16H18N2O5S2/c1-18(2)16(19)12-8-4-5-9-13(12)17-25(22,23)15-11-7-6-10-14(15)24(3,20)21/h4-11,17H,1-3H3. The fourth-order valence-electron chi connectivity index (χ4n) is 2.18. The van der Waals surface area contributed by atoms with Crippen molar-refractivity contribution in [3.05, 3.63) is 54.1 Å². The number of sulfonamides is 1. The number of nitrogens with one attached hydrogen (secondary N) is 1. The Morgan fingerprint density at radius 3 is 1.96 bits per heavy atom. The third-order valence-electron chi connectivity index (χ3n) is 3.35. The number of rotatable bonds is 5. The normalized spacial score (nSPS) is 11.8. The number of benzene rings is 2. The van der Waals surface area contributed by atoms with E-state index in [0.717, 1.165) is 6.26 Å². The van der Waals surface area contributed by atoms with Gasteiger partial charge in [-0.3, -0.25) is 9.52 Å². The summed E-state index contributed by atoms with van der Waals surface area (Å²) in [4.78, 5) is 12.8. The topological polar surface area (TPSA) is 101 Å². The van der Waals surface area contributed by atoms with Gasteiger partial charge in [-0.1, -0.05) is 24.3 Å². The van der Waals surface area contributed by atoms with Crippen molar-refractivity contribution in [2.75, 3.05) is 25.1 Å². The molecule has 1 N–H and O–H groups in total. The van der Waals surface area contributed by atoms with E-state index >= 15 is 0 Å². The largest absolute Gasteiger partial charge is 0.345 e. The highest BCUT2D eigenvalue weighted by atomic mass is 32.2. The molecule has 25 heavy (non-hydrogen) atoms. The molecular weight excluding hydrogens is 364 g/mol. The molecule has 7 nitrogen and oxygen atoms in total. The highest BCUT2D eigenvalue weighted by molar-refractivity contribution is 7.95. The Labute approximate surface area is 147 Å². The van der Waals surface area contributed by atoms with Crippen LogP contribution < -0.4 is 4.72 Å². The molecular formula is C16H18N2O5S2. The van der Waals surface area contributed by atoms with Crippen LogP contribution in [0.1, 0.15) is 10.4 Å². The minimum absolute atomic E-state index is 0.0736. The average Bonchev–Trinajstić information content (AvgIpc) is 2.53. The Kier molecular flexibility index (Phi) is 5.19. The summed E-state index contributed by atoms with van der Waals surface area (Å²) in [6, 6.07) is 11.4. The second kappa shape index (κ2) is 6.85. The molecule has 1 amide bonds. The summed E-state index contributed by atoms with van der Waals surface area (Å²) in [5.74, 6) is -0.380. The van der Waals surface area contributed by atoms with Gasteiger partial charge in [-0.2, -0.15) is 0 Å².